The van der Waals surface area contributed by atoms with Crippen LogP contribution in [-0.4, -0.2) is 21.1 Å². The molecule has 3 rings (SSSR count). The monoisotopic (exact) mass is 360 g/mol. The van der Waals surface area contributed by atoms with E-state index in [1.807, 2.05) is 30.3 Å². The molecule has 4 N–H and O–H groups in total. The number of hydrogen-bond acceptors (Lipinski definition) is 7. The van der Waals surface area contributed by atoms with Crippen LogP contribution in [-0.2, 0) is 0 Å². The predicted molar refractivity (Wildman–Crippen MR) is 107 cm³/mol. The molecule has 0 saturated carbocycles. The smallest absolute Gasteiger partial charge is 0.269 e. The van der Waals surface area contributed by atoms with Gasteiger partial charge in [0.05, 0.1) is 4.92 Å². The van der Waals surface area contributed by atoms with Gasteiger partial charge in [0.1, 0.15) is 11.4 Å². The number of benzene rings is 2. The van der Waals surface area contributed by atoms with Crippen LogP contribution in [0.2, 0.25) is 0 Å². The fraction of sp³-hybridized carbons (Fsp3) is 0. The minimum Gasteiger partial charge on any atom is -0.382 e. The lowest BCUT2D eigenvalue weighted by molar-refractivity contribution is -0.384. The molecule has 8 nitrogen and oxygen atoms in total. The number of aliphatic imine (C=N–C) groups is 1. The minimum absolute atomic E-state index is 0.0418. The van der Waals surface area contributed by atoms with Crippen molar-refractivity contribution in [3.63, 3.8) is 0 Å². The van der Waals surface area contributed by atoms with Crippen LogP contribution >= 0.6 is 0 Å². The highest BCUT2D eigenvalue weighted by Gasteiger charge is 2.12. The van der Waals surface area contributed by atoms with E-state index in [0.29, 0.717) is 11.4 Å². The molecule has 0 fully saturated rings. The molecule has 0 spiro atoms. The summed E-state index contributed by atoms with van der Waals surface area (Å²) in [5.41, 5.74) is 14.3. The van der Waals surface area contributed by atoms with Crippen LogP contribution in [0.15, 0.2) is 65.7 Å². The maximum atomic E-state index is 10.7. The van der Waals surface area contributed by atoms with E-state index in [1.165, 1.54) is 12.1 Å². The first-order chi connectivity index (χ1) is 13.0. The highest BCUT2D eigenvalue weighted by molar-refractivity contribution is 5.87. The number of nitrogens with zero attached hydrogens (tertiary/aromatic N) is 4. The van der Waals surface area contributed by atoms with Gasteiger partial charge >= 0.3 is 0 Å². The van der Waals surface area contributed by atoms with E-state index in [1.54, 1.807) is 30.5 Å². The van der Waals surface area contributed by atoms with Crippen molar-refractivity contribution >= 4 is 35.4 Å². The molecule has 8 heteroatoms. The molecule has 0 radical (unpaired) electrons. The minimum atomic E-state index is -0.441. The first-order valence-electron chi connectivity index (χ1n) is 7.98. The number of hydrogen-bond donors (Lipinski definition) is 2. The summed E-state index contributed by atoms with van der Waals surface area (Å²) in [5.74, 6) is 0.257. The van der Waals surface area contributed by atoms with E-state index >= 15 is 0 Å². The molecule has 0 atom stereocenters. The molecule has 2 aromatic carbocycles. The third kappa shape index (κ3) is 4.31. The number of aromatic nitrogens is 2. The third-order valence-electron chi connectivity index (χ3n) is 3.66. The summed E-state index contributed by atoms with van der Waals surface area (Å²) < 4.78 is 0. The summed E-state index contributed by atoms with van der Waals surface area (Å²) in [6, 6.07) is 15.6. The van der Waals surface area contributed by atoms with Crippen LogP contribution in [0.5, 0.6) is 0 Å². The fourth-order valence-electron chi connectivity index (χ4n) is 2.39. The quantitative estimate of drug-likeness (QED) is 0.405. The molecule has 1 heterocycles. The molecule has 0 bridgehead atoms. The van der Waals surface area contributed by atoms with Gasteiger partial charge in [0.15, 0.2) is 5.82 Å². The molecular formula is C19H16N6O2. The molecule has 0 amide bonds. The maximum Gasteiger partial charge on any atom is 0.269 e. The van der Waals surface area contributed by atoms with Gasteiger partial charge in [-0.2, -0.15) is 4.98 Å². The molecule has 134 valence electrons. The van der Waals surface area contributed by atoms with Crippen LogP contribution in [0.1, 0.15) is 5.56 Å². The van der Waals surface area contributed by atoms with Crippen LogP contribution in [0.25, 0.3) is 17.3 Å². The molecule has 0 aliphatic heterocycles. The number of nitro benzene ring substituents is 1. The van der Waals surface area contributed by atoms with E-state index in [2.05, 4.69) is 15.0 Å². The van der Waals surface area contributed by atoms with Gasteiger partial charge < -0.3 is 11.5 Å². The number of nitrogens with two attached hydrogens (primary N) is 2. The number of anilines is 2. The molecule has 27 heavy (non-hydrogen) atoms. The van der Waals surface area contributed by atoms with Gasteiger partial charge in [0, 0.05) is 23.9 Å². The molecular weight excluding hydrogens is 344 g/mol. The molecule has 1 aromatic heterocycles. The Kier molecular flexibility index (Phi) is 5.17. The van der Waals surface area contributed by atoms with Gasteiger partial charge in [0.2, 0.25) is 5.95 Å². The van der Waals surface area contributed by atoms with Crippen LogP contribution in [0.3, 0.4) is 0 Å². The summed E-state index contributed by atoms with van der Waals surface area (Å²) in [6.07, 6.45) is 5.02. The zero-order valence-electron chi connectivity index (χ0n) is 14.2. The van der Waals surface area contributed by atoms with E-state index in [9.17, 15) is 10.1 Å². The van der Waals surface area contributed by atoms with Crippen molar-refractivity contribution in [1.82, 2.24) is 9.97 Å². The maximum absolute atomic E-state index is 10.7. The SMILES string of the molecule is Nc1nc(N)c(N=CC=Cc2ccc([N+](=O)[O-])cc2)c(-c2ccccc2)n1. The normalized spacial score (nSPS) is 11.3. The average Bonchev–Trinajstić information content (AvgIpc) is 2.67. The zero-order valence-corrected chi connectivity index (χ0v) is 14.2. The van der Waals surface area contributed by atoms with Crippen molar-refractivity contribution in [3.05, 3.63) is 76.4 Å². The van der Waals surface area contributed by atoms with E-state index in [-0.39, 0.29) is 17.5 Å². The Hall–Kier alpha value is -4.07. The average molecular weight is 360 g/mol. The summed E-state index contributed by atoms with van der Waals surface area (Å²) in [5, 5.41) is 10.7. The zero-order chi connectivity index (χ0) is 19.2. The number of nitro groups is 1. The first-order valence-corrected chi connectivity index (χ1v) is 7.98. The molecule has 0 saturated heterocycles. The second-order valence-corrected chi connectivity index (χ2v) is 5.52. The Morgan fingerprint density at radius 1 is 1.00 bits per heavy atom. The number of rotatable bonds is 5. The Morgan fingerprint density at radius 3 is 2.37 bits per heavy atom. The number of allylic oxidation sites excluding steroid dienone is 1. The largest absolute Gasteiger partial charge is 0.382 e. The van der Waals surface area contributed by atoms with Crippen LogP contribution in [0, 0.1) is 10.1 Å². The highest BCUT2D eigenvalue weighted by Crippen LogP contribution is 2.32. The predicted octanol–water partition coefficient (Wildman–Crippen LogP) is 3.63. The topological polar surface area (TPSA) is 133 Å². The summed E-state index contributed by atoms with van der Waals surface area (Å²) in [7, 11) is 0. The van der Waals surface area contributed by atoms with Gasteiger partial charge in [-0.25, -0.2) is 4.98 Å². The van der Waals surface area contributed by atoms with Crippen molar-refractivity contribution in [3.8, 4) is 11.3 Å². The lowest BCUT2D eigenvalue weighted by Crippen LogP contribution is -2.02. The standard InChI is InChI=1S/C19H16N6O2/c20-18-17(16(23-19(21)24-18)14-6-2-1-3-7-14)22-12-4-5-13-8-10-15(11-9-13)25(26)27/h1-12H,(H4,20,21,23,24). The Balaban J connectivity index is 1.85. The van der Waals surface area contributed by atoms with Crippen molar-refractivity contribution in [2.75, 3.05) is 11.5 Å². The Bertz CT molecular complexity index is 1010. The van der Waals surface area contributed by atoms with E-state index in [4.69, 9.17) is 11.5 Å². The summed E-state index contributed by atoms with van der Waals surface area (Å²) >= 11 is 0. The van der Waals surface area contributed by atoms with Gasteiger partial charge in [0.25, 0.3) is 5.69 Å². The summed E-state index contributed by atoms with van der Waals surface area (Å²) in [6.45, 7) is 0. The van der Waals surface area contributed by atoms with Gasteiger partial charge in [-0.15, -0.1) is 0 Å². The van der Waals surface area contributed by atoms with E-state index in [0.717, 1.165) is 11.1 Å². The van der Waals surface area contributed by atoms with E-state index < -0.39 is 4.92 Å². The fourth-order valence-corrected chi connectivity index (χ4v) is 2.39. The van der Waals surface area contributed by atoms with Gasteiger partial charge in [-0.1, -0.05) is 36.4 Å². The van der Waals surface area contributed by atoms with Gasteiger partial charge in [-0.05, 0) is 23.8 Å². The Morgan fingerprint density at radius 2 is 1.70 bits per heavy atom. The van der Waals surface area contributed by atoms with Crippen molar-refractivity contribution < 1.29 is 4.92 Å². The second-order valence-electron chi connectivity index (χ2n) is 5.52. The first kappa shape index (κ1) is 17.7. The van der Waals surface area contributed by atoms with Crippen LogP contribution < -0.4 is 11.5 Å². The lowest BCUT2D eigenvalue weighted by Gasteiger charge is -2.07. The molecule has 0 unspecified atom stereocenters. The molecule has 3 aromatic rings. The summed E-state index contributed by atoms with van der Waals surface area (Å²) in [4.78, 5) is 22.8. The van der Waals surface area contributed by atoms with Gasteiger partial charge in [-0.3, -0.25) is 15.1 Å². The molecule has 0 aliphatic carbocycles. The Labute approximate surface area is 155 Å². The number of nitrogen functional groups attached to an aromatic ring is 2. The van der Waals surface area contributed by atoms with Crippen molar-refractivity contribution in [1.29, 1.82) is 0 Å². The van der Waals surface area contributed by atoms with Crippen LogP contribution in [0.4, 0.5) is 23.1 Å². The third-order valence-corrected chi connectivity index (χ3v) is 3.66. The lowest BCUT2D eigenvalue weighted by atomic mass is 10.1. The van der Waals surface area contributed by atoms with Crippen molar-refractivity contribution in [2.24, 2.45) is 4.99 Å². The number of non-ortho nitro benzene ring substituents is 1. The molecule has 0 aliphatic rings. The highest BCUT2D eigenvalue weighted by atomic mass is 16.6. The second kappa shape index (κ2) is 7.87. The van der Waals surface area contributed by atoms with Crippen molar-refractivity contribution in [2.45, 2.75) is 0 Å².